The molecule has 3 N–H and O–H groups in total. The summed E-state index contributed by atoms with van der Waals surface area (Å²) in [5.74, 6) is -3.25. The fraction of sp³-hybridized carbons (Fsp3) is 0.375. The highest BCUT2D eigenvalue weighted by Gasteiger charge is 2.28. The number of carbonyl (C=O) groups is 4. The van der Waals surface area contributed by atoms with Gasteiger partial charge in [-0.15, -0.1) is 0 Å². The number of amides is 2. The fourth-order valence-electron chi connectivity index (χ4n) is 2.28. The minimum atomic E-state index is -1.17. The summed E-state index contributed by atoms with van der Waals surface area (Å²) < 4.78 is 1.26. The van der Waals surface area contributed by atoms with E-state index in [1.54, 1.807) is 6.92 Å². The van der Waals surface area contributed by atoms with Gasteiger partial charge in [-0.25, -0.2) is 4.79 Å². The third-order valence-electron chi connectivity index (χ3n) is 3.64. The number of hydrogen-bond acceptors (Lipinski definition) is 4. The first-order valence-electron chi connectivity index (χ1n) is 7.58. The summed E-state index contributed by atoms with van der Waals surface area (Å²) in [4.78, 5) is 48.0. The van der Waals surface area contributed by atoms with Crippen LogP contribution in [0.3, 0.4) is 0 Å². The molecule has 2 amide bonds. The Morgan fingerprint density at radius 3 is 2.04 bits per heavy atom. The third kappa shape index (κ3) is 6.13. The van der Waals surface area contributed by atoms with E-state index in [0.29, 0.717) is 22.1 Å². The second kappa shape index (κ2) is 10.2. The van der Waals surface area contributed by atoms with E-state index in [1.807, 2.05) is 67.8 Å². The molecule has 0 saturated carbocycles. The molecule has 1 atom stereocenters. The molecule has 0 aromatic heterocycles. The van der Waals surface area contributed by atoms with Gasteiger partial charge in [-0.1, -0.05) is 6.92 Å². The maximum Gasteiger partial charge on any atom is 0.338 e. The lowest BCUT2D eigenvalue weighted by Gasteiger charge is -2.24. The largest absolute Gasteiger partial charge is 0.481 e. The number of carbonyl (C=O) groups excluding carboxylic acids is 2. The molecule has 0 aliphatic carbocycles. The maximum absolute atomic E-state index is 12.3. The average Bonchev–Trinajstić information content (AvgIpc) is 2.49. The van der Waals surface area contributed by atoms with Crippen molar-refractivity contribution in [2.45, 2.75) is 26.7 Å². The molecule has 11 heteroatoms. The second-order valence-electron chi connectivity index (χ2n) is 5.88. The topological polar surface area (TPSA) is 124 Å². The van der Waals surface area contributed by atoms with Crippen LogP contribution in [0, 0.1) is 16.6 Å². The highest BCUT2D eigenvalue weighted by Crippen LogP contribution is 2.40. The number of halogens is 3. The summed E-state index contributed by atoms with van der Waals surface area (Å²) in [5, 5.41) is 21.1. The molecule has 0 aliphatic heterocycles. The summed E-state index contributed by atoms with van der Waals surface area (Å²) >= 11 is 5.69. The van der Waals surface area contributed by atoms with Crippen molar-refractivity contribution in [3.8, 4) is 0 Å². The van der Waals surface area contributed by atoms with Crippen LogP contribution in [0.4, 0.5) is 11.4 Å². The highest BCUT2D eigenvalue weighted by atomic mass is 127. The number of nitrogens with zero attached hydrogens (tertiary/aromatic N) is 1. The van der Waals surface area contributed by atoms with Gasteiger partial charge in [0.05, 0.1) is 27.6 Å². The van der Waals surface area contributed by atoms with Crippen molar-refractivity contribution in [1.82, 2.24) is 0 Å². The molecule has 0 saturated heterocycles. The molecule has 0 heterocycles. The number of aliphatic carboxylic acids is 1. The van der Waals surface area contributed by atoms with E-state index in [0.717, 1.165) is 0 Å². The number of benzene rings is 1. The van der Waals surface area contributed by atoms with Crippen LogP contribution in [0.15, 0.2) is 0 Å². The smallest absolute Gasteiger partial charge is 0.338 e. The summed E-state index contributed by atoms with van der Waals surface area (Å²) in [5.41, 5.74) is 0.689. The monoisotopic (exact) mass is 714 g/mol. The predicted molar refractivity (Wildman–Crippen MR) is 125 cm³/mol. The third-order valence-corrected chi connectivity index (χ3v) is 6.82. The number of carboxylic acid groups (broad SMARTS) is 2. The van der Waals surface area contributed by atoms with Crippen LogP contribution in [0.5, 0.6) is 0 Å². The zero-order chi connectivity index (χ0) is 21.0. The molecule has 1 aromatic rings. The van der Waals surface area contributed by atoms with Crippen molar-refractivity contribution < 1.29 is 29.4 Å². The predicted octanol–water partition coefficient (Wildman–Crippen LogP) is 3.62. The van der Waals surface area contributed by atoms with Crippen LogP contribution in [-0.2, 0) is 14.4 Å². The molecule has 148 valence electrons. The summed E-state index contributed by atoms with van der Waals surface area (Å²) in [7, 11) is 1.53. The van der Waals surface area contributed by atoms with Gasteiger partial charge >= 0.3 is 11.9 Å². The zero-order valence-electron chi connectivity index (χ0n) is 14.6. The lowest BCUT2D eigenvalue weighted by atomic mass is 10.0. The number of nitrogens with one attached hydrogen (secondary N) is 1. The number of anilines is 2. The van der Waals surface area contributed by atoms with E-state index in [-0.39, 0.29) is 30.2 Å². The molecular formula is C16H17I3N2O6. The Morgan fingerprint density at radius 1 is 1.04 bits per heavy atom. The Balaban J connectivity index is 3.41. The van der Waals surface area contributed by atoms with E-state index in [2.05, 4.69) is 5.32 Å². The summed E-state index contributed by atoms with van der Waals surface area (Å²) in [6, 6.07) is 0. The molecule has 1 unspecified atom stereocenters. The number of rotatable bonds is 7. The lowest BCUT2D eigenvalue weighted by molar-refractivity contribution is -0.138. The van der Waals surface area contributed by atoms with Gasteiger partial charge in [-0.2, -0.15) is 0 Å². The highest BCUT2D eigenvalue weighted by molar-refractivity contribution is 14.1. The molecule has 0 aliphatic rings. The van der Waals surface area contributed by atoms with Crippen molar-refractivity contribution in [3.63, 3.8) is 0 Å². The molecular weight excluding hydrogens is 697 g/mol. The van der Waals surface area contributed by atoms with Crippen molar-refractivity contribution in [2.75, 3.05) is 17.3 Å². The SMILES string of the molecule is CC(=O)N(C)c1c(I)c(NC(=O)CC(C)CC(=O)O)c(I)c(C(=O)O)c1I. The van der Waals surface area contributed by atoms with Gasteiger partial charge in [0.1, 0.15) is 0 Å². The first kappa shape index (κ1) is 24.3. The fourth-order valence-corrected chi connectivity index (χ4v) is 6.90. The van der Waals surface area contributed by atoms with Crippen LogP contribution < -0.4 is 10.2 Å². The van der Waals surface area contributed by atoms with Crippen LogP contribution in [0.1, 0.15) is 37.0 Å². The molecule has 1 rings (SSSR count). The van der Waals surface area contributed by atoms with Gasteiger partial charge < -0.3 is 20.4 Å². The van der Waals surface area contributed by atoms with Crippen LogP contribution in [-0.4, -0.2) is 41.0 Å². The molecule has 8 nitrogen and oxygen atoms in total. The Bertz CT molecular complexity index is 812. The first-order chi connectivity index (χ1) is 12.4. The van der Waals surface area contributed by atoms with E-state index in [4.69, 9.17) is 5.11 Å². The quantitative estimate of drug-likeness (QED) is 0.371. The van der Waals surface area contributed by atoms with Crippen molar-refractivity contribution in [2.24, 2.45) is 5.92 Å². The van der Waals surface area contributed by atoms with Crippen molar-refractivity contribution in [1.29, 1.82) is 0 Å². The number of aromatic carboxylic acids is 1. The Labute approximate surface area is 196 Å². The number of carboxylic acids is 2. The Morgan fingerprint density at radius 2 is 1.59 bits per heavy atom. The molecule has 0 spiro atoms. The first-order valence-corrected chi connectivity index (χ1v) is 10.8. The molecule has 27 heavy (non-hydrogen) atoms. The lowest BCUT2D eigenvalue weighted by Crippen LogP contribution is -2.27. The van der Waals surface area contributed by atoms with Crippen LogP contribution in [0.2, 0.25) is 0 Å². The average molecular weight is 714 g/mol. The van der Waals surface area contributed by atoms with Gasteiger partial charge in [0.2, 0.25) is 11.8 Å². The Hall–Kier alpha value is -0.710. The molecule has 0 fully saturated rings. The van der Waals surface area contributed by atoms with Gasteiger partial charge in [0.25, 0.3) is 0 Å². The van der Waals surface area contributed by atoms with Gasteiger partial charge in [0, 0.05) is 26.8 Å². The van der Waals surface area contributed by atoms with Crippen molar-refractivity contribution >= 4 is 103 Å². The molecule has 1 aromatic carbocycles. The molecule has 0 radical (unpaired) electrons. The standard InChI is InChI=1S/C16H17I3N2O6/c1-6(5-9(24)25)4-8(23)20-14-11(17)10(16(26)27)12(18)15(13(14)19)21(3)7(2)22/h6H,4-5H2,1-3H3,(H,20,23)(H,24,25)(H,26,27). The van der Waals surface area contributed by atoms with Gasteiger partial charge in [0.15, 0.2) is 0 Å². The second-order valence-corrected chi connectivity index (χ2v) is 9.12. The van der Waals surface area contributed by atoms with Gasteiger partial charge in [-0.05, 0) is 73.7 Å². The van der Waals surface area contributed by atoms with Crippen LogP contribution in [0.25, 0.3) is 0 Å². The van der Waals surface area contributed by atoms with E-state index < -0.39 is 17.8 Å². The van der Waals surface area contributed by atoms with E-state index in [9.17, 15) is 24.3 Å². The minimum absolute atomic E-state index is 0.00593. The zero-order valence-corrected chi connectivity index (χ0v) is 21.1. The molecule has 0 bridgehead atoms. The van der Waals surface area contributed by atoms with Crippen molar-refractivity contribution in [3.05, 3.63) is 16.3 Å². The van der Waals surface area contributed by atoms with E-state index in [1.165, 1.54) is 18.9 Å². The Kier molecular flexibility index (Phi) is 9.17. The summed E-state index contributed by atoms with van der Waals surface area (Å²) in [6.07, 6.45) is -0.169. The van der Waals surface area contributed by atoms with E-state index >= 15 is 0 Å². The summed E-state index contributed by atoms with van der Waals surface area (Å²) in [6.45, 7) is 3.01. The number of hydrogen-bond donors (Lipinski definition) is 3. The maximum atomic E-state index is 12.3. The normalized spacial score (nSPS) is 11.6. The van der Waals surface area contributed by atoms with Crippen LogP contribution >= 0.6 is 67.8 Å². The minimum Gasteiger partial charge on any atom is -0.481 e. The van der Waals surface area contributed by atoms with Gasteiger partial charge in [-0.3, -0.25) is 14.4 Å².